The van der Waals surface area contributed by atoms with E-state index in [1.54, 1.807) is 36.4 Å². The zero-order valence-corrected chi connectivity index (χ0v) is 20.2. The van der Waals surface area contributed by atoms with Crippen molar-refractivity contribution in [2.75, 3.05) is 26.2 Å². The molecule has 0 radical (unpaired) electrons. The van der Waals surface area contributed by atoms with Crippen molar-refractivity contribution in [3.8, 4) is 0 Å². The summed E-state index contributed by atoms with van der Waals surface area (Å²) in [4.78, 5) is 13.1. The summed E-state index contributed by atoms with van der Waals surface area (Å²) in [5.41, 5.74) is 2.34. The first-order valence-electron chi connectivity index (χ1n) is 11.0. The maximum Gasteiger partial charge on any atom is 0.245 e. The van der Waals surface area contributed by atoms with Gasteiger partial charge in [0.15, 0.2) is 0 Å². The number of rotatable bonds is 7. The normalized spacial score (nSPS) is 15.7. The van der Waals surface area contributed by atoms with Crippen molar-refractivity contribution in [3.05, 3.63) is 107 Å². The van der Waals surface area contributed by atoms with Crippen molar-refractivity contribution in [2.24, 2.45) is 0 Å². The molecule has 0 aromatic heterocycles. The lowest BCUT2D eigenvalue weighted by atomic mass is 9.96. The summed E-state index contributed by atoms with van der Waals surface area (Å²) in [6, 6.07) is 18.3. The van der Waals surface area contributed by atoms with Gasteiger partial charge in [0.25, 0.3) is 0 Å². The summed E-state index contributed by atoms with van der Waals surface area (Å²) in [7, 11) is -3.71. The molecule has 4 rings (SSSR count). The van der Waals surface area contributed by atoms with E-state index in [0.717, 1.165) is 11.1 Å². The Kier molecular flexibility index (Phi) is 7.76. The number of hydrogen-bond acceptors (Lipinski definition) is 4. The first kappa shape index (κ1) is 25.2. The molecule has 0 atom stereocenters. The van der Waals surface area contributed by atoms with E-state index in [2.05, 4.69) is 4.90 Å². The number of benzene rings is 3. The third kappa shape index (κ3) is 6.02. The average Bonchev–Trinajstić information content (AvgIpc) is 2.86. The molecule has 0 bridgehead atoms. The number of allylic oxidation sites excluding steroid dienone is 1. The van der Waals surface area contributed by atoms with Crippen LogP contribution in [0.5, 0.6) is 0 Å². The Bertz CT molecular complexity index is 1260. The van der Waals surface area contributed by atoms with E-state index in [-0.39, 0.29) is 35.7 Å². The molecule has 9 heteroatoms. The molecule has 182 valence electrons. The van der Waals surface area contributed by atoms with Crippen LogP contribution >= 0.6 is 11.6 Å². The molecule has 0 aliphatic carbocycles. The van der Waals surface area contributed by atoms with Crippen LogP contribution in [0.1, 0.15) is 22.7 Å². The van der Waals surface area contributed by atoms with Crippen molar-refractivity contribution in [1.82, 2.24) is 9.21 Å². The van der Waals surface area contributed by atoms with Gasteiger partial charge < -0.3 is 0 Å². The van der Waals surface area contributed by atoms with Crippen molar-refractivity contribution in [2.45, 2.75) is 10.9 Å². The second-order valence-electron chi connectivity index (χ2n) is 8.15. The molecular formula is C26H23ClF2N2O3S. The molecule has 0 unspecified atom stereocenters. The topological polar surface area (TPSA) is 57.7 Å². The molecule has 0 saturated carbocycles. The fourth-order valence-corrected chi connectivity index (χ4v) is 5.65. The number of piperazine rings is 1. The number of carbonyl (C=O) groups is 1. The second-order valence-corrected chi connectivity index (χ2v) is 10.5. The molecule has 3 aromatic carbocycles. The molecule has 1 aliphatic heterocycles. The maximum absolute atomic E-state index is 13.5. The second kappa shape index (κ2) is 10.8. The lowest BCUT2D eigenvalue weighted by Gasteiger charge is -2.39. The van der Waals surface area contributed by atoms with Gasteiger partial charge in [0, 0.05) is 26.2 Å². The van der Waals surface area contributed by atoms with Crippen LogP contribution in [0.15, 0.2) is 83.8 Å². The third-order valence-electron chi connectivity index (χ3n) is 5.93. The highest BCUT2D eigenvalue weighted by Gasteiger charge is 2.32. The van der Waals surface area contributed by atoms with E-state index < -0.39 is 15.3 Å². The largest absolute Gasteiger partial charge is 0.290 e. The predicted octanol–water partition coefficient (Wildman–Crippen LogP) is 4.84. The van der Waals surface area contributed by atoms with Crippen LogP contribution in [0.2, 0.25) is 0 Å². The summed E-state index contributed by atoms with van der Waals surface area (Å²) in [6.45, 7) is 1.42. The van der Waals surface area contributed by atoms with E-state index in [1.807, 2.05) is 0 Å². The molecule has 1 aliphatic rings. The predicted molar refractivity (Wildman–Crippen MR) is 131 cm³/mol. The van der Waals surface area contributed by atoms with Gasteiger partial charge >= 0.3 is 0 Å². The Balaban J connectivity index is 1.51. The average molecular weight is 517 g/mol. The standard InChI is InChI=1S/C26H23ClF2N2O3S/c27-25(32)14-3-19-1-12-24(13-2-19)35(33,34)31-17-15-30(16-18-31)26(20-4-8-22(28)9-5-20)21-6-10-23(29)11-7-21/h1-14,26H,15-18H2. The molecule has 3 aromatic rings. The monoisotopic (exact) mass is 516 g/mol. The van der Waals surface area contributed by atoms with Crippen LogP contribution in [0.4, 0.5) is 8.78 Å². The van der Waals surface area contributed by atoms with Crippen molar-refractivity contribution in [3.63, 3.8) is 0 Å². The molecule has 1 saturated heterocycles. The highest BCUT2D eigenvalue weighted by molar-refractivity contribution is 7.89. The van der Waals surface area contributed by atoms with E-state index in [0.29, 0.717) is 18.7 Å². The van der Waals surface area contributed by atoms with Crippen LogP contribution in [0.3, 0.4) is 0 Å². The van der Waals surface area contributed by atoms with Crippen molar-refractivity contribution >= 4 is 32.9 Å². The molecule has 1 fully saturated rings. The molecule has 0 amide bonds. The molecule has 5 nitrogen and oxygen atoms in total. The summed E-state index contributed by atoms with van der Waals surface area (Å²) >= 11 is 5.29. The molecule has 0 spiro atoms. The lowest BCUT2D eigenvalue weighted by molar-refractivity contribution is -0.107. The Morgan fingerprint density at radius 2 is 1.29 bits per heavy atom. The van der Waals surface area contributed by atoms with Crippen LogP contribution in [0, 0.1) is 11.6 Å². The minimum Gasteiger partial charge on any atom is -0.290 e. The van der Waals surface area contributed by atoms with Crippen LogP contribution in [-0.2, 0) is 14.8 Å². The number of nitrogens with zero attached hydrogens (tertiary/aromatic N) is 2. The first-order valence-corrected chi connectivity index (χ1v) is 12.8. The smallest absolute Gasteiger partial charge is 0.245 e. The van der Waals surface area contributed by atoms with Crippen LogP contribution < -0.4 is 0 Å². The number of halogens is 3. The number of sulfonamides is 1. The quantitative estimate of drug-likeness (QED) is 0.333. The number of carbonyl (C=O) groups excluding carboxylic acids is 1. The van der Waals surface area contributed by atoms with Gasteiger partial charge in [0.05, 0.1) is 10.9 Å². The minimum atomic E-state index is -3.71. The molecule has 35 heavy (non-hydrogen) atoms. The van der Waals surface area contributed by atoms with Crippen molar-refractivity contribution < 1.29 is 22.0 Å². The van der Waals surface area contributed by atoms with E-state index in [4.69, 9.17) is 11.6 Å². The highest BCUT2D eigenvalue weighted by Crippen LogP contribution is 2.31. The summed E-state index contributed by atoms with van der Waals surface area (Å²) in [5.74, 6) is -0.698. The highest BCUT2D eigenvalue weighted by atomic mass is 35.5. The number of hydrogen-bond donors (Lipinski definition) is 0. The SMILES string of the molecule is O=C(Cl)C=Cc1ccc(S(=O)(=O)N2CCN(C(c3ccc(F)cc3)c3ccc(F)cc3)CC2)cc1. The van der Waals surface area contributed by atoms with Gasteiger partial charge in [-0.2, -0.15) is 4.31 Å². The Labute approximate surface area is 208 Å². The van der Waals surface area contributed by atoms with Gasteiger partial charge in [-0.3, -0.25) is 9.69 Å². The zero-order valence-electron chi connectivity index (χ0n) is 18.6. The van der Waals surface area contributed by atoms with Gasteiger partial charge in [-0.1, -0.05) is 42.5 Å². The zero-order chi connectivity index (χ0) is 25.0. The first-order chi connectivity index (χ1) is 16.7. The van der Waals surface area contributed by atoms with Gasteiger partial charge in [-0.05, 0) is 70.8 Å². The summed E-state index contributed by atoms with van der Waals surface area (Å²) in [5, 5.41) is -0.612. The van der Waals surface area contributed by atoms with Gasteiger partial charge in [-0.25, -0.2) is 17.2 Å². The molecular weight excluding hydrogens is 494 g/mol. The van der Waals surface area contributed by atoms with Crippen LogP contribution in [-0.4, -0.2) is 49.0 Å². The summed E-state index contributed by atoms with van der Waals surface area (Å²) < 4.78 is 54.9. The minimum absolute atomic E-state index is 0.161. The van der Waals surface area contributed by atoms with Gasteiger partial charge in [0.1, 0.15) is 11.6 Å². The lowest BCUT2D eigenvalue weighted by Crippen LogP contribution is -2.49. The van der Waals surface area contributed by atoms with E-state index >= 15 is 0 Å². The van der Waals surface area contributed by atoms with Crippen LogP contribution in [0.25, 0.3) is 6.08 Å². The maximum atomic E-state index is 13.5. The Hall–Kier alpha value is -2.91. The van der Waals surface area contributed by atoms with E-state index in [1.165, 1.54) is 52.9 Å². The van der Waals surface area contributed by atoms with Gasteiger partial charge in [0.2, 0.25) is 15.3 Å². The van der Waals surface area contributed by atoms with Crippen molar-refractivity contribution in [1.29, 1.82) is 0 Å². The Morgan fingerprint density at radius 1 is 0.800 bits per heavy atom. The summed E-state index contributed by atoms with van der Waals surface area (Å²) in [6.07, 6.45) is 2.71. The van der Waals surface area contributed by atoms with E-state index in [9.17, 15) is 22.0 Å². The Morgan fingerprint density at radius 3 is 1.74 bits per heavy atom. The fourth-order valence-electron chi connectivity index (χ4n) is 4.17. The fraction of sp³-hybridized carbons (Fsp3) is 0.192. The molecule has 0 N–H and O–H groups in total. The molecule has 1 heterocycles. The van der Waals surface area contributed by atoms with Gasteiger partial charge in [-0.15, -0.1) is 0 Å². The third-order valence-corrected chi connectivity index (χ3v) is 7.97.